The second-order valence-electron chi connectivity index (χ2n) is 5.89. The third-order valence-electron chi connectivity index (χ3n) is 3.95. The van der Waals surface area contributed by atoms with Gasteiger partial charge in [0.05, 0.1) is 0 Å². The topological polar surface area (TPSA) is 61.6 Å². The van der Waals surface area contributed by atoms with Crippen molar-refractivity contribution in [3.8, 4) is 0 Å². The minimum absolute atomic E-state index is 0.00233. The molecule has 1 amide bonds. The normalized spacial score (nSPS) is 18.4. The summed E-state index contributed by atoms with van der Waals surface area (Å²) in [6.07, 6.45) is 0. The molecule has 0 radical (unpaired) electrons. The number of hydrogen-bond acceptors (Lipinski definition) is 4. The molecule has 1 fully saturated rings. The highest BCUT2D eigenvalue weighted by Gasteiger charge is 2.14. The number of carbonyl (C=O) groups excluding carboxylic acids is 1. The van der Waals surface area contributed by atoms with Gasteiger partial charge in [-0.3, -0.25) is 9.69 Å². The van der Waals surface area contributed by atoms with Crippen molar-refractivity contribution in [1.29, 1.82) is 0 Å². The van der Waals surface area contributed by atoms with E-state index in [1.165, 1.54) is 5.56 Å². The molecule has 5 nitrogen and oxygen atoms in total. The lowest BCUT2D eigenvalue weighted by Crippen LogP contribution is -2.43. The van der Waals surface area contributed by atoms with E-state index in [0.717, 1.165) is 32.7 Å². The summed E-state index contributed by atoms with van der Waals surface area (Å²) in [5, 5.41) is 2.87. The Morgan fingerprint density at radius 2 is 1.86 bits per heavy atom. The molecular formula is C16H26N4O. The van der Waals surface area contributed by atoms with E-state index in [0.29, 0.717) is 12.1 Å². The standard InChI is InChI=1S/C16H26N4O/c1-13(11-17)18-16(21)15-5-3-14(4-6-15)12-20-9-7-19(2)8-10-20/h3-6,13H,7-12,17H2,1-2H3,(H,18,21)/t13-/m0/s1. The van der Waals surface area contributed by atoms with Crippen LogP contribution in [-0.2, 0) is 6.54 Å². The summed E-state index contributed by atoms with van der Waals surface area (Å²) < 4.78 is 0. The zero-order chi connectivity index (χ0) is 15.2. The summed E-state index contributed by atoms with van der Waals surface area (Å²) in [5.74, 6) is -0.0564. The van der Waals surface area contributed by atoms with Crippen molar-refractivity contribution in [2.24, 2.45) is 5.73 Å². The first-order chi connectivity index (χ1) is 10.1. The average molecular weight is 290 g/mol. The Morgan fingerprint density at radius 1 is 1.24 bits per heavy atom. The van der Waals surface area contributed by atoms with Crippen LogP contribution >= 0.6 is 0 Å². The van der Waals surface area contributed by atoms with Gasteiger partial charge in [0.25, 0.3) is 5.91 Å². The fourth-order valence-electron chi connectivity index (χ4n) is 2.39. The van der Waals surface area contributed by atoms with Gasteiger partial charge in [-0.1, -0.05) is 12.1 Å². The van der Waals surface area contributed by atoms with Crippen molar-refractivity contribution in [3.05, 3.63) is 35.4 Å². The fourth-order valence-corrected chi connectivity index (χ4v) is 2.39. The smallest absolute Gasteiger partial charge is 0.251 e. The first kappa shape index (κ1) is 15.9. The Hall–Kier alpha value is -1.43. The average Bonchev–Trinajstić information content (AvgIpc) is 2.50. The molecule has 116 valence electrons. The Morgan fingerprint density at radius 3 is 2.43 bits per heavy atom. The molecule has 1 atom stereocenters. The summed E-state index contributed by atoms with van der Waals surface area (Å²) in [5.41, 5.74) is 7.46. The maximum Gasteiger partial charge on any atom is 0.251 e. The molecule has 0 aromatic heterocycles. The van der Waals surface area contributed by atoms with E-state index in [9.17, 15) is 4.79 Å². The van der Waals surface area contributed by atoms with Gasteiger partial charge in [0.15, 0.2) is 0 Å². The van der Waals surface area contributed by atoms with Crippen LogP contribution in [-0.4, -0.2) is 61.5 Å². The van der Waals surface area contributed by atoms with Gasteiger partial charge >= 0.3 is 0 Å². The van der Waals surface area contributed by atoms with Gasteiger partial charge in [-0.05, 0) is 31.7 Å². The van der Waals surface area contributed by atoms with Gasteiger partial charge < -0.3 is 16.0 Å². The summed E-state index contributed by atoms with van der Waals surface area (Å²) in [4.78, 5) is 16.8. The van der Waals surface area contributed by atoms with Crippen molar-refractivity contribution < 1.29 is 4.79 Å². The van der Waals surface area contributed by atoms with Gasteiger partial charge in [-0.25, -0.2) is 0 Å². The molecule has 0 spiro atoms. The summed E-state index contributed by atoms with van der Waals surface area (Å²) in [6.45, 7) is 7.76. The summed E-state index contributed by atoms with van der Waals surface area (Å²) in [7, 11) is 2.16. The molecule has 0 aliphatic carbocycles. The van der Waals surface area contributed by atoms with Crippen LogP contribution in [0.2, 0.25) is 0 Å². The number of benzene rings is 1. The summed E-state index contributed by atoms with van der Waals surface area (Å²) >= 11 is 0. The Bertz CT molecular complexity index is 452. The van der Waals surface area contributed by atoms with Crippen LogP contribution in [0.5, 0.6) is 0 Å². The van der Waals surface area contributed by atoms with Crippen LogP contribution in [0.25, 0.3) is 0 Å². The molecule has 21 heavy (non-hydrogen) atoms. The fraction of sp³-hybridized carbons (Fsp3) is 0.562. The van der Waals surface area contributed by atoms with E-state index in [1.807, 2.05) is 31.2 Å². The predicted molar refractivity (Wildman–Crippen MR) is 85.2 cm³/mol. The van der Waals surface area contributed by atoms with Crippen LogP contribution < -0.4 is 11.1 Å². The van der Waals surface area contributed by atoms with Crippen molar-refractivity contribution in [2.75, 3.05) is 39.8 Å². The molecule has 0 bridgehead atoms. The number of rotatable bonds is 5. The van der Waals surface area contributed by atoms with Crippen molar-refractivity contribution in [2.45, 2.75) is 19.5 Å². The van der Waals surface area contributed by atoms with Crippen LogP contribution in [0.15, 0.2) is 24.3 Å². The number of likely N-dealkylation sites (N-methyl/N-ethyl adjacent to an activating group) is 1. The highest BCUT2D eigenvalue weighted by Crippen LogP contribution is 2.10. The van der Waals surface area contributed by atoms with Crippen LogP contribution in [0.3, 0.4) is 0 Å². The van der Waals surface area contributed by atoms with Crippen LogP contribution in [0.4, 0.5) is 0 Å². The molecule has 1 aromatic rings. The van der Waals surface area contributed by atoms with E-state index < -0.39 is 0 Å². The first-order valence-corrected chi connectivity index (χ1v) is 7.59. The van der Waals surface area contributed by atoms with Gasteiger partial charge in [-0.2, -0.15) is 0 Å². The predicted octanol–water partition coefficient (Wildman–Crippen LogP) is 0.511. The lowest BCUT2D eigenvalue weighted by molar-refractivity contribution is 0.0941. The molecule has 2 rings (SSSR count). The lowest BCUT2D eigenvalue weighted by atomic mass is 10.1. The third kappa shape index (κ3) is 4.81. The molecule has 1 aliphatic rings. The monoisotopic (exact) mass is 290 g/mol. The minimum atomic E-state index is -0.0564. The number of nitrogens with zero attached hydrogens (tertiary/aromatic N) is 2. The first-order valence-electron chi connectivity index (χ1n) is 7.59. The van der Waals surface area contributed by atoms with E-state index in [2.05, 4.69) is 22.2 Å². The number of amides is 1. The van der Waals surface area contributed by atoms with Gasteiger partial charge in [-0.15, -0.1) is 0 Å². The molecule has 0 unspecified atom stereocenters. The second kappa shape index (κ2) is 7.54. The Labute approximate surface area is 127 Å². The highest BCUT2D eigenvalue weighted by atomic mass is 16.1. The molecule has 5 heteroatoms. The zero-order valence-corrected chi connectivity index (χ0v) is 13.0. The van der Waals surface area contributed by atoms with Gasteiger partial charge in [0.2, 0.25) is 0 Å². The lowest BCUT2D eigenvalue weighted by Gasteiger charge is -2.32. The maximum atomic E-state index is 12.0. The number of piperazine rings is 1. The maximum absolute atomic E-state index is 12.0. The van der Waals surface area contributed by atoms with E-state index in [-0.39, 0.29) is 11.9 Å². The van der Waals surface area contributed by atoms with Gasteiger partial charge in [0, 0.05) is 50.9 Å². The number of nitrogens with two attached hydrogens (primary N) is 1. The van der Waals surface area contributed by atoms with Crippen LogP contribution in [0.1, 0.15) is 22.8 Å². The molecule has 0 saturated carbocycles. The molecule has 1 aromatic carbocycles. The third-order valence-corrected chi connectivity index (χ3v) is 3.95. The Kier molecular flexibility index (Phi) is 5.73. The van der Waals surface area contributed by atoms with E-state index in [4.69, 9.17) is 5.73 Å². The molecule has 1 heterocycles. The largest absolute Gasteiger partial charge is 0.348 e. The zero-order valence-electron chi connectivity index (χ0n) is 13.0. The molecule has 1 saturated heterocycles. The van der Waals surface area contributed by atoms with Crippen molar-refractivity contribution >= 4 is 5.91 Å². The van der Waals surface area contributed by atoms with Crippen LogP contribution in [0, 0.1) is 0 Å². The number of hydrogen-bond donors (Lipinski definition) is 2. The van der Waals surface area contributed by atoms with E-state index in [1.54, 1.807) is 0 Å². The number of carbonyl (C=O) groups is 1. The Balaban J connectivity index is 1.88. The van der Waals surface area contributed by atoms with Gasteiger partial charge in [0.1, 0.15) is 0 Å². The number of nitrogens with one attached hydrogen (secondary N) is 1. The van der Waals surface area contributed by atoms with Crippen molar-refractivity contribution in [3.63, 3.8) is 0 Å². The van der Waals surface area contributed by atoms with Crippen molar-refractivity contribution in [1.82, 2.24) is 15.1 Å². The SMILES string of the molecule is C[C@@H](CN)NC(=O)c1ccc(CN2CCN(C)CC2)cc1. The molecule has 3 N–H and O–H groups in total. The highest BCUT2D eigenvalue weighted by molar-refractivity contribution is 5.94. The summed E-state index contributed by atoms with van der Waals surface area (Å²) in [6, 6.07) is 7.87. The molecular weight excluding hydrogens is 264 g/mol. The quantitative estimate of drug-likeness (QED) is 0.829. The second-order valence-corrected chi connectivity index (χ2v) is 5.89. The minimum Gasteiger partial charge on any atom is -0.348 e. The van der Waals surface area contributed by atoms with E-state index >= 15 is 0 Å². The molecule has 1 aliphatic heterocycles.